The summed E-state index contributed by atoms with van der Waals surface area (Å²) in [6.45, 7) is 2.17. The number of benzene rings is 1. The first-order valence-electron chi connectivity index (χ1n) is 6.42. The third-order valence-corrected chi connectivity index (χ3v) is 2.67. The van der Waals surface area contributed by atoms with Gasteiger partial charge >= 0.3 is 0 Å². The maximum absolute atomic E-state index is 5.74. The Balaban J connectivity index is 0.00000361. The van der Waals surface area contributed by atoms with E-state index in [2.05, 4.69) is 10.3 Å². The Morgan fingerprint density at radius 1 is 1.25 bits per heavy atom. The molecule has 0 aliphatic heterocycles. The van der Waals surface area contributed by atoms with E-state index < -0.39 is 0 Å². The van der Waals surface area contributed by atoms with Crippen molar-refractivity contribution in [2.45, 2.75) is 12.8 Å². The molecular weight excluding hydrogens is 369 g/mol. The first-order valence-corrected chi connectivity index (χ1v) is 6.42. The highest BCUT2D eigenvalue weighted by atomic mass is 127. The number of halogens is 1. The highest BCUT2D eigenvalue weighted by Gasteiger charge is 1.96. The number of ether oxygens (including phenoxy) is 2. The SMILES string of the molecule is COCCCN=C(N)NCCc1ccc(OC)cc1.I. The zero-order valence-electron chi connectivity index (χ0n) is 12.1. The fraction of sp³-hybridized carbons (Fsp3) is 0.500. The minimum absolute atomic E-state index is 0. The van der Waals surface area contributed by atoms with Gasteiger partial charge in [-0.15, -0.1) is 24.0 Å². The van der Waals surface area contributed by atoms with Crippen molar-refractivity contribution in [1.82, 2.24) is 5.32 Å². The summed E-state index contributed by atoms with van der Waals surface area (Å²) in [5, 5.41) is 3.09. The highest BCUT2D eigenvalue weighted by Crippen LogP contribution is 2.11. The molecule has 0 bridgehead atoms. The van der Waals surface area contributed by atoms with Crippen LogP contribution >= 0.6 is 24.0 Å². The lowest BCUT2D eigenvalue weighted by atomic mass is 10.1. The number of hydrogen-bond acceptors (Lipinski definition) is 3. The molecule has 0 spiro atoms. The molecule has 20 heavy (non-hydrogen) atoms. The van der Waals surface area contributed by atoms with Gasteiger partial charge in [-0.1, -0.05) is 12.1 Å². The van der Waals surface area contributed by atoms with Crippen LogP contribution in [0.4, 0.5) is 0 Å². The molecule has 1 rings (SSSR count). The fourth-order valence-corrected chi connectivity index (χ4v) is 1.59. The molecule has 0 heterocycles. The molecule has 1 aromatic carbocycles. The zero-order chi connectivity index (χ0) is 13.9. The predicted octanol–water partition coefficient (Wildman–Crippen LogP) is 1.80. The van der Waals surface area contributed by atoms with Crippen LogP contribution in [0, 0.1) is 0 Å². The molecule has 0 saturated carbocycles. The van der Waals surface area contributed by atoms with Gasteiger partial charge in [0, 0.05) is 26.8 Å². The zero-order valence-corrected chi connectivity index (χ0v) is 14.4. The quantitative estimate of drug-likeness (QED) is 0.306. The third kappa shape index (κ3) is 8.21. The van der Waals surface area contributed by atoms with Gasteiger partial charge in [0.15, 0.2) is 5.96 Å². The maximum atomic E-state index is 5.74. The second-order valence-corrected chi connectivity index (χ2v) is 4.14. The van der Waals surface area contributed by atoms with E-state index in [0.717, 1.165) is 25.1 Å². The molecule has 0 saturated heterocycles. The molecule has 0 fully saturated rings. The van der Waals surface area contributed by atoms with Crippen LogP contribution in [0.3, 0.4) is 0 Å². The van der Waals surface area contributed by atoms with Crippen molar-refractivity contribution in [2.75, 3.05) is 33.9 Å². The lowest BCUT2D eigenvalue weighted by molar-refractivity contribution is 0.197. The van der Waals surface area contributed by atoms with E-state index in [1.807, 2.05) is 24.3 Å². The molecule has 0 aromatic heterocycles. The number of nitrogens with two attached hydrogens (primary N) is 1. The molecule has 5 nitrogen and oxygen atoms in total. The van der Waals surface area contributed by atoms with Crippen molar-refractivity contribution in [3.8, 4) is 5.75 Å². The summed E-state index contributed by atoms with van der Waals surface area (Å²) < 4.78 is 10.1. The lowest BCUT2D eigenvalue weighted by Gasteiger charge is -2.06. The molecule has 1 aromatic rings. The molecule has 0 unspecified atom stereocenters. The van der Waals surface area contributed by atoms with Crippen molar-refractivity contribution < 1.29 is 9.47 Å². The smallest absolute Gasteiger partial charge is 0.188 e. The third-order valence-electron chi connectivity index (χ3n) is 2.67. The van der Waals surface area contributed by atoms with Gasteiger partial charge in [-0.3, -0.25) is 4.99 Å². The van der Waals surface area contributed by atoms with Crippen LogP contribution in [0.1, 0.15) is 12.0 Å². The Hall–Kier alpha value is -1.02. The fourth-order valence-electron chi connectivity index (χ4n) is 1.59. The standard InChI is InChI=1S/C14H23N3O2.HI/c1-18-11-3-9-16-14(15)17-10-8-12-4-6-13(19-2)7-5-12;/h4-7H,3,8-11H2,1-2H3,(H3,15,16,17);1H. The minimum atomic E-state index is 0. The van der Waals surface area contributed by atoms with E-state index in [-0.39, 0.29) is 24.0 Å². The van der Waals surface area contributed by atoms with Crippen LogP contribution in [0.25, 0.3) is 0 Å². The van der Waals surface area contributed by atoms with E-state index in [1.165, 1.54) is 5.56 Å². The van der Waals surface area contributed by atoms with Crippen LogP contribution < -0.4 is 15.8 Å². The Labute approximate surface area is 138 Å². The van der Waals surface area contributed by atoms with Crippen LogP contribution in [0.2, 0.25) is 0 Å². The van der Waals surface area contributed by atoms with Crippen molar-refractivity contribution in [3.05, 3.63) is 29.8 Å². The van der Waals surface area contributed by atoms with Crippen molar-refractivity contribution >= 4 is 29.9 Å². The van der Waals surface area contributed by atoms with Gasteiger partial charge in [-0.25, -0.2) is 0 Å². The molecule has 0 aliphatic rings. The molecule has 0 aliphatic carbocycles. The summed E-state index contributed by atoms with van der Waals surface area (Å²) in [5.74, 6) is 1.36. The van der Waals surface area contributed by atoms with Gasteiger partial charge in [0.2, 0.25) is 0 Å². The molecule has 0 amide bonds. The molecule has 114 valence electrons. The number of methoxy groups -OCH3 is 2. The molecular formula is C14H24IN3O2. The van der Waals surface area contributed by atoms with Gasteiger partial charge in [-0.05, 0) is 30.5 Å². The molecule has 3 N–H and O–H groups in total. The Kier molecular flexibility index (Phi) is 11.2. The largest absolute Gasteiger partial charge is 0.497 e. The summed E-state index contributed by atoms with van der Waals surface area (Å²) in [5.41, 5.74) is 6.98. The molecule has 0 radical (unpaired) electrons. The van der Waals surface area contributed by atoms with Gasteiger partial charge in [0.1, 0.15) is 5.75 Å². The first-order chi connectivity index (χ1) is 9.26. The van der Waals surface area contributed by atoms with Crippen molar-refractivity contribution in [2.24, 2.45) is 10.7 Å². The second-order valence-electron chi connectivity index (χ2n) is 4.14. The molecule has 0 atom stereocenters. The van der Waals surface area contributed by atoms with Crippen molar-refractivity contribution in [3.63, 3.8) is 0 Å². The number of nitrogens with one attached hydrogen (secondary N) is 1. The van der Waals surface area contributed by atoms with Crippen LogP contribution in [-0.4, -0.2) is 39.9 Å². The summed E-state index contributed by atoms with van der Waals surface area (Å²) >= 11 is 0. The summed E-state index contributed by atoms with van der Waals surface area (Å²) in [6, 6.07) is 8.01. The number of guanidine groups is 1. The van der Waals surface area contributed by atoms with Crippen LogP contribution in [0.5, 0.6) is 5.75 Å². The van der Waals surface area contributed by atoms with E-state index in [4.69, 9.17) is 15.2 Å². The van der Waals surface area contributed by atoms with Gasteiger partial charge in [0.05, 0.1) is 7.11 Å². The van der Waals surface area contributed by atoms with Gasteiger partial charge < -0.3 is 20.5 Å². The highest BCUT2D eigenvalue weighted by molar-refractivity contribution is 14.0. The van der Waals surface area contributed by atoms with E-state index in [9.17, 15) is 0 Å². The summed E-state index contributed by atoms with van der Waals surface area (Å²) in [4.78, 5) is 4.20. The number of aliphatic imine (C=N–C) groups is 1. The second kappa shape index (κ2) is 11.8. The van der Waals surface area contributed by atoms with Gasteiger partial charge in [0.25, 0.3) is 0 Å². The van der Waals surface area contributed by atoms with Crippen molar-refractivity contribution in [1.29, 1.82) is 0 Å². The Bertz CT molecular complexity index is 383. The van der Waals surface area contributed by atoms with Gasteiger partial charge in [-0.2, -0.15) is 0 Å². The Morgan fingerprint density at radius 2 is 1.95 bits per heavy atom. The van der Waals surface area contributed by atoms with Crippen LogP contribution in [-0.2, 0) is 11.2 Å². The number of nitrogens with zero attached hydrogens (tertiary/aromatic N) is 1. The molecule has 6 heteroatoms. The monoisotopic (exact) mass is 393 g/mol. The normalized spacial score (nSPS) is 10.8. The summed E-state index contributed by atoms with van der Waals surface area (Å²) in [7, 11) is 3.34. The number of hydrogen-bond donors (Lipinski definition) is 2. The first kappa shape index (κ1) is 19.0. The van der Waals surface area contributed by atoms with E-state index in [0.29, 0.717) is 19.1 Å². The van der Waals surface area contributed by atoms with Crippen LogP contribution in [0.15, 0.2) is 29.3 Å². The van der Waals surface area contributed by atoms with E-state index in [1.54, 1.807) is 14.2 Å². The Morgan fingerprint density at radius 3 is 2.55 bits per heavy atom. The average Bonchev–Trinajstić information content (AvgIpc) is 2.44. The number of rotatable bonds is 8. The van der Waals surface area contributed by atoms with E-state index >= 15 is 0 Å². The summed E-state index contributed by atoms with van der Waals surface area (Å²) in [6.07, 6.45) is 1.79. The predicted molar refractivity (Wildman–Crippen MR) is 93.1 cm³/mol. The average molecular weight is 393 g/mol. The minimum Gasteiger partial charge on any atom is -0.497 e. The topological polar surface area (TPSA) is 68.9 Å². The maximum Gasteiger partial charge on any atom is 0.188 e. The lowest BCUT2D eigenvalue weighted by Crippen LogP contribution is -2.33.